The first kappa shape index (κ1) is 21.3. The summed E-state index contributed by atoms with van der Waals surface area (Å²) in [6.45, 7) is 0.648. The lowest BCUT2D eigenvalue weighted by Gasteiger charge is -2.31. The van der Waals surface area contributed by atoms with Gasteiger partial charge in [-0.1, -0.05) is 43.2 Å². The molecule has 1 heterocycles. The van der Waals surface area contributed by atoms with E-state index in [-0.39, 0.29) is 24.4 Å². The molecule has 1 saturated carbocycles. The highest BCUT2D eigenvalue weighted by Crippen LogP contribution is 2.24. The van der Waals surface area contributed by atoms with Crippen LogP contribution in [0.25, 0.3) is 16.7 Å². The van der Waals surface area contributed by atoms with E-state index in [4.69, 9.17) is 10.7 Å². The van der Waals surface area contributed by atoms with E-state index in [9.17, 15) is 4.79 Å². The smallest absolute Gasteiger partial charge is 0.220 e. The van der Waals surface area contributed by atoms with Crippen LogP contribution in [-0.4, -0.2) is 28.0 Å². The van der Waals surface area contributed by atoms with E-state index < -0.39 is 0 Å². The van der Waals surface area contributed by atoms with Crippen molar-refractivity contribution in [2.75, 3.05) is 6.54 Å². The van der Waals surface area contributed by atoms with Crippen LogP contribution in [0.3, 0.4) is 0 Å². The number of nitrogens with zero attached hydrogens (tertiary/aromatic N) is 2. The summed E-state index contributed by atoms with van der Waals surface area (Å²) < 4.78 is 2.16. The summed E-state index contributed by atoms with van der Waals surface area (Å²) in [6, 6.07) is 18.5. The highest BCUT2D eigenvalue weighted by atomic mass is 35.5. The number of imidazole rings is 1. The number of halogens is 1. The molecule has 3 aromatic rings. The third-order valence-electron chi connectivity index (χ3n) is 5.78. The van der Waals surface area contributed by atoms with Crippen LogP contribution in [0.4, 0.5) is 0 Å². The first-order chi connectivity index (χ1) is 13.8. The molecule has 0 saturated heterocycles. The second kappa shape index (κ2) is 9.90. The van der Waals surface area contributed by atoms with Gasteiger partial charge in [-0.3, -0.25) is 9.36 Å². The average Bonchev–Trinajstić information content (AvgIpc) is 3.12. The Morgan fingerprint density at radius 2 is 1.79 bits per heavy atom. The second-order valence-electron chi connectivity index (χ2n) is 7.64. The maximum Gasteiger partial charge on any atom is 0.220 e. The molecule has 1 amide bonds. The number of aryl methyl sites for hydroxylation is 1. The van der Waals surface area contributed by atoms with Crippen LogP contribution in [0.5, 0.6) is 0 Å². The number of amides is 1. The van der Waals surface area contributed by atoms with E-state index in [1.165, 1.54) is 12.8 Å². The molecule has 1 aliphatic rings. The summed E-state index contributed by atoms with van der Waals surface area (Å²) in [7, 11) is 0. The molecule has 1 aromatic heterocycles. The molecule has 3 N–H and O–H groups in total. The van der Waals surface area contributed by atoms with Gasteiger partial charge < -0.3 is 11.1 Å². The van der Waals surface area contributed by atoms with Gasteiger partial charge in [-0.25, -0.2) is 4.98 Å². The van der Waals surface area contributed by atoms with E-state index in [2.05, 4.69) is 28.1 Å². The molecular formula is C23H29ClN4O. The van der Waals surface area contributed by atoms with Crippen molar-refractivity contribution >= 4 is 29.3 Å². The molecule has 0 aliphatic heterocycles. The Kier molecular flexibility index (Phi) is 7.29. The number of nitrogens with one attached hydrogen (secondary N) is 1. The number of nitrogens with two attached hydrogens (primary N) is 1. The SMILES string of the molecule is Cl.NCC1CCCCC1NC(=O)CCc1nc2ccccc2n1-c1ccccc1. The van der Waals surface area contributed by atoms with Crippen molar-refractivity contribution in [3.8, 4) is 5.69 Å². The van der Waals surface area contributed by atoms with Crippen molar-refractivity contribution < 1.29 is 4.79 Å². The Morgan fingerprint density at radius 1 is 1.07 bits per heavy atom. The third kappa shape index (κ3) is 4.80. The van der Waals surface area contributed by atoms with Crippen molar-refractivity contribution in [1.29, 1.82) is 0 Å². The molecule has 1 aliphatic carbocycles. The number of rotatable bonds is 6. The van der Waals surface area contributed by atoms with Gasteiger partial charge in [0.05, 0.1) is 11.0 Å². The molecule has 2 unspecified atom stereocenters. The van der Waals surface area contributed by atoms with Crippen molar-refractivity contribution in [3.05, 3.63) is 60.4 Å². The number of carbonyl (C=O) groups is 1. The molecule has 1 fully saturated rings. The molecular weight excluding hydrogens is 384 g/mol. The van der Waals surface area contributed by atoms with Crippen LogP contribution >= 0.6 is 12.4 Å². The standard InChI is InChI=1S/C23H28N4O.ClH/c24-16-17-8-4-5-11-19(17)26-23(28)15-14-22-25-20-12-6-7-13-21(20)27(22)18-9-2-1-3-10-18;/h1-3,6-7,9-10,12-13,17,19H,4-5,8,11,14-16,24H2,(H,26,28);1H. The molecule has 4 rings (SSSR count). The average molecular weight is 413 g/mol. The Morgan fingerprint density at radius 3 is 2.59 bits per heavy atom. The van der Waals surface area contributed by atoms with Gasteiger partial charge in [-0.2, -0.15) is 0 Å². The van der Waals surface area contributed by atoms with Crippen molar-refractivity contribution in [2.24, 2.45) is 11.7 Å². The number of fused-ring (bicyclic) bond motifs is 1. The quantitative estimate of drug-likeness (QED) is 0.642. The lowest BCUT2D eigenvalue weighted by molar-refractivity contribution is -0.122. The maximum atomic E-state index is 12.6. The van der Waals surface area contributed by atoms with Crippen LogP contribution < -0.4 is 11.1 Å². The van der Waals surface area contributed by atoms with Gasteiger partial charge in [0, 0.05) is 24.6 Å². The molecule has 6 heteroatoms. The predicted octanol–water partition coefficient (Wildman–Crippen LogP) is 4.01. The van der Waals surface area contributed by atoms with E-state index in [0.717, 1.165) is 35.4 Å². The molecule has 5 nitrogen and oxygen atoms in total. The first-order valence-electron chi connectivity index (χ1n) is 10.3. The zero-order valence-corrected chi connectivity index (χ0v) is 17.4. The predicted molar refractivity (Wildman–Crippen MR) is 120 cm³/mol. The Balaban J connectivity index is 0.00000240. The monoisotopic (exact) mass is 412 g/mol. The van der Waals surface area contributed by atoms with Gasteiger partial charge in [-0.15, -0.1) is 12.4 Å². The zero-order valence-electron chi connectivity index (χ0n) is 16.6. The zero-order chi connectivity index (χ0) is 19.3. The maximum absolute atomic E-state index is 12.6. The minimum Gasteiger partial charge on any atom is -0.353 e. The van der Waals surface area contributed by atoms with E-state index in [0.29, 0.717) is 25.3 Å². The van der Waals surface area contributed by atoms with Crippen LogP contribution in [0, 0.1) is 5.92 Å². The first-order valence-corrected chi connectivity index (χ1v) is 10.3. The lowest BCUT2D eigenvalue weighted by atomic mass is 9.84. The van der Waals surface area contributed by atoms with Crippen LogP contribution in [0.15, 0.2) is 54.6 Å². The lowest BCUT2D eigenvalue weighted by Crippen LogP contribution is -2.44. The minimum atomic E-state index is 0. The fourth-order valence-corrected chi connectivity index (χ4v) is 4.29. The Labute approximate surface area is 178 Å². The minimum absolute atomic E-state index is 0. The van der Waals surface area contributed by atoms with Gasteiger partial charge in [0.15, 0.2) is 0 Å². The summed E-state index contributed by atoms with van der Waals surface area (Å²) in [5, 5.41) is 3.23. The molecule has 0 radical (unpaired) electrons. The van der Waals surface area contributed by atoms with Crippen molar-refractivity contribution in [2.45, 2.75) is 44.6 Å². The highest BCUT2D eigenvalue weighted by molar-refractivity contribution is 5.85. The van der Waals surface area contributed by atoms with E-state index in [1.807, 2.05) is 36.4 Å². The fourth-order valence-electron chi connectivity index (χ4n) is 4.29. The number of hydrogen-bond donors (Lipinski definition) is 2. The van der Waals surface area contributed by atoms with Gasteiger partial charge in [0.1, 0.15) is 5.82 Å². The summed E-state index contributed by atoms with van der Waals surface area (Å²) >= 11 is 0. The largest absolute Gasteiger partial charge is 0.353 e. The second-order valence-corrected chi connectivity index (χ2v) is 7.64. The molecule has 2 aromatic carbocycles. The highest BCUT2D eigenvalue weighted by Gasteiger charge is 2.25. The summed E-state index contributed by atoms with van der Waals surface area (Å²) in [5.41, 5.74) is 8.99. The number of benzene rings is 2. The Hall–Kier alpha value is -2.37. The van der Waals surface area contributed by atoms with Crippen LogP contribution in [0.2, 0.25) is 0 Å². The molecule has 154 valence electrons. The van der Waals surface area contributed by atoms with E-state index in [1.54, 1.807) is 0 Å². The van der Waals surface area contributed by atoms with Crippen molar-refractivity contribution in [1.82, 2.24) is 14.9 Å². The molecule has 29 heavy (non-hydrogen) atoms. The number of carbonyl (C=O) groups excluding carboxylic acids is 1. The third-order valence-corrected chi connectivity index (χ3v) is 5.78. The van der Waals surface area contributed by atoms with Crippen molar-refractivity contribution in [3.63, 3.8) is 0 Å². The fraction of sp³-hybridized carbons (Fsp3) is 0.391. The number of aromatic nitrogens is 2. The molecule has 0 spiro atoms. The molecule has 0 bridgehead atoms. The summed E-state index contributed by atoms with van der Waals surface area (Å²) in [5.74, 6) is 1.42. The van der Waals surface area contributed by atoms with Crippen LogP contribution in [-0.2, 0) is 11.2 Å². The summed E-state index contributed by atoms with van der Waals surface area (Å²) in [6.07, 6.45) is 5.58. The Bertz CT molecular complexity index is 940. The van der Waals surface area contributed by atoms with Gasteiger partial charge in [-0.05, 0) is 49.6 Å². The summed E-state index contributed by atoms with van der Waals surface area (Å²) in [4.78, 5) is 17.4. The number of hydrogen-bond acceptors (Lipinski definition) is 3. The van der Waals surface area contributed by atoms with Gasteiger partial charge in [0.25, 0.3) is 0 Å². The van der Waals surface area contributed by atoms with Gasteiger partial charge in [0.2, 0.25) is 5.91 Å². The topological polar surface area (TPSA) is 72.9 Å². The van der Waals surface area contributed by atoms with E-state index >= 15 is 0 Å². The number of para-hydroxylation sites is 3. The van der Waals surface area contributed by atoms with Gasteiger partial charge >= 0.3 is 0 Å². The van der Waals surface area contributed by atoms with Crippen LogP contribution in [0.1, 0.15) is 37.9 Å². The molecule has 2 atom stereocenters. The normalized spacial score (nSPS) is 18.9.